The van der Waals surface area contributed by atoms with Gasteiger partial charge in [-0.2, -0.15) is 4.31 Å². The molecule has 1 aliphatic carbocycles. The van der Waals surface area contributed by atoms with Gasteiger partial charge in [0.2, 0.25) is 15.9 Å². The normalized spacial score (nSPS) is 23.6. The van der Waals surface area contributed by atoms with Gasteiger partial charge in [0, 0.05) is 26.2 Å². The molecule has 0 aromatic heterocycles. The number of methoxy groups -OCH3 is 1. The van der Waals surface area contributed by atoms with Gasteiger partial charge < -0.3 is 10.1 Å². The van der Waals surface area contributed by atoms with Crippen LogP contribution in [0, 0.1) is 5.41 Å². The molecular formula is C17H24N2O4S. The number of rotatable bonds is 5. The van der Waals surface area contributed by atoms with Crippen LogP contribution < -0.4 is 5.32 Å². The quantitative estimate of drug-likeness (QED) is 0.869. The number of piperidine rings is 1. The molecule has 6 nitrogen and oxygen atoms in total. The van der Waals surface area contributed by atoms with Crippen molar-refractivity contribution < 1.29 is 17.9 Å². The van der Waals surface area contributed by atoms with Crippen molar-refractivity contribution in [3.8, 4) is 0 Å². The highest BCUT2D eigenvalue weighted by molar-refractivity contribution is 7.89. The van der Waals surface area contributed by atoms with Crippen LogP contribution in [-0.2, 0) is 19.6 Å². The fourth-order valence-electron chi connectivity index (χ4n) is 3.80. The minimum absolute atomic E-state index is 0.0477. The van der Waals surface area contributed by atoms with E-state index >= 15 is 0 Å². The van der Waals surface area contributed by atoms with Crippen molar-refractivity contribution >= 4 is 15.9 Å². The van der Waals surface area contributed by atoms with Crippen molar-refractivity contribution in [2.75, 3.05) is 26.8 Å². The summed E-state index contributed by atoms with van der Waals surface area (Å²) in [5.41, 5.74) is 0.0477. The van der Waals surface area contributed by atoms with Crippen LogP contribution in [0.3, 0.4) is 0 Å². The van der Waals surface area contributed by atoms with Gasteiger partial charge in [0.25, 0.3) is 0 Å². The molecule has 1 amide bonds. The molecule has 1 heterocycles. The standard InChI is InChI=1S/C17H24N2O4S/c1-23-13-16(20)18-15-7-8-17(15)9-11-19(12-10-17)24(21,22)14-5-3-2-4-6-14/h2-6,15H,7-13H2,1H3,(H,18,20). The summed E-state index contributed by atoms with van der Waals surface area (Å²) in [5, 5.41) is 3.03. The molecule has 1 N–H and O–H groups in total. The lowest BCUT2D eigenvalue weighted by molar-refractivity contribution is -0.128. The largest absolute Gasteiger partial charge is 0.375 e. The van der Waals surface area contributed by atoms with Crippen molar-refractivity contribution in [2.45, 2.75) is 36.6 Å². The zero-order chi connectivity index (χ0) is 17.2. The third-order valence-corrected chi connectivity index (χ3v) is 7.29. The molecule has 132 valence electrons. The van der Waals surface area contributed by atoms with E-state index in [2.05, 4.69) is 5.32 Å². The summed E-state index contributed by atoms with van der Waals surface area (Å²) in [6.07, 6.45) is 3.58. The van der Waals surface area contributed by atoms with Crippen LogP contribution >= 0.6 is 0 Å². The van der Waals surface area contributed by atoms with Crippen LogP contribution in [0.4, 0.5) is 0 Å². The Kier molecular flexibility index (Phi) is 4.94. The first-order valence-electron chi connectivity index (χ1n) is 8.31. The Morgan fingerprint density at radius 2 is 1.92 bits per heavy atom. The monoisotopic (exact) mass is 352 g/mol. The smallest absolute Gasteiger partial charge is 0.246 e. The molecule has 2 aliphatic rings. The van der Waals surface area contributed by atoms with E-state index in [0.29, 0.717) is 18.0 Å². The molecule has 1 spiro atoms. The lowest BCUT2D eigenvalue weighted by Gasteiger charge is -2.53. The van der Waals surface area contributed by atoms with E-state index < -0.39 is 10.0 Å². The predicted molar refractivity (Wildman–Crippen MR) is 89.9 cm³/mol. The number of nitrogens with one attached hydrogen (secondary N) is 1. The summed E-state index contributed by atoms with van der Waals surface area (Å²) < 4.78 is 31.8. The van der Waals surface area contributed by atoms with Crippen molar-refractivity contribution in [3.05, 3.63) is 30.3 Å². The number of carbonyl (C=O) groups excluding carboxylic acids is 1. The third-order valence-electron chi connectivity index (χ3n) is 5.38. The zero-order valence-electron chi connectivity index (χ0n) is 13.9. The minimum Gasteiger partial charge on any atom is -0.375 e. The van der Waals surface area contributed by atoms with E-state index in [4.69, 9.17) is 4.74 Å². The van der Waals surface area contributed by atoms with Crippen LogP contribution in [0.25, 0.3) is 0 Å². The Morgan fingerprint density at radius 1 is 1.25 bits per heavy atom. The van der Waals surface area contributed by atoms with Crippen molar-refractivity contribution in [1.82, 2.24) is 9.62 Å². The molecule has 7 heteroatoms. The number of hydrogen-bond acceptors (Lipinski definition) is 4. The van der Waals surface area contributed by atoms with Gasteiger partial charge in [0.05, 0.1) is 4.90 Å². The molecule has 1 saturated carbocycles. The highest BCUT2D eigenvalue weighted by Crippen LogP contribution is 2.49. The van der Waals surface area contributed by atoms with Crippen LogP contribution in [-0.4, -0.2) is 51.5 Å². The fourth-order valence-corrected chi connectivity index (χ4v) is 5.26. The van der Waals surface area contributed by atoms with E-state index in [1.54, 1.807) is 28.6 Å². The highest BCUT2D eigenvalue weighted by atomic mass is 32.2. The molecular weight excluding hydrogens is 328 g/mol. The number of ether oxygens (including phenoxy) is 1. The number of hydrogen-bond donors (Lipinski definition) is 1. The average Bonchev–Trinajstić information content (AvgIpc) is 2.60. The maximum atomic E-state index is 12.7. The van der Waals surface area contributed by atoms with E-state index in [1.807, 2.05) is 6.07 Å². The van der Waals surface area contributed by atoms with E-state index in [1.165, 1.54) is 7.11 Å². The molecule has 1 atom stereocenters. The topological polar surface area (TPSA) is 75.7 Å². The summed E-state index contributed by atoms with van der Waals surface area (Å²) >= 11 is 0. The van der Waals surface area contributed by atoms with Crippen molar-refractivity contribution in [3.63, 3.8) is 0 Å². The zero-order valence-corrected chi connectivity index (χ0v) is 14.7. The SMILES string of the molecule is COCC(=O)NC1CCC12CCN(S(=O)(=O)c1ccccc1)CC2. The van der Waals surface area contributed by atoms with E-state index in [9.17, 15) is 13.2 Å². The average molecular weight is 352 g/mol. The predicted octanol–water partition coefficient (Wildman–Crippen LogP) is 1.38. The first kappa shape index (κ1) is 17.4. The molecule has 3 rings (SSSR count). The Bertz CT molecular complexity index is 682. The second-order valence-electron chi connectivity index (χ2n) is 6.67. The summed E-state index contributed by atoms with van der Waals surface area (Å²) in [7, 11) is -1.92. The van der Waals surface area contributed by atoms with Crippen LogP contribution in [0.5, 0.6) is 0 Å². The molecule has 24 heavy (non-hydrogen) atoms. The summed E-state index contributed by atoms with van der Waals surface area (Å²) in [6, 6.07) is 8.71. The van der Waals surface area contributed by atoms with E-state index in [0.717, 1.165) is 25.7 Å². The number of carbonyl (C=O) groups is 1. The van der Waals surface area contributed by atoms with Crippen LogP contribution in [0.2, 0.25) is 0 Å². The Labute approximate surface area is 143 Å². The second-order valence-corrected chi connectivity index (χ2v) is 8.61. The third kappa shape index (κ3) is 3.20. The molecule has 0 radical (unpaired) electrons. The Morgan fingerprint density at radius 3 is 2.46 bits per heavy atom. The fraction of sp³-hybridized carbons (Fsp3) is 0.588. The number of nitrogens with zero attached hydrogens (tertiary/aromatic N) is 1. The Balaban J connectivity index is 1.63. The van der Waals surface area contributed by atoms with Crippen molar-refractivity contribution in [2.24, 2.45) is 5.41 Å². The van der Waals surface area contributed by atoms with Gasteiger partial charge in [-0.25, -0.2) is 8.42 Å². The van der Waals surface area contributed by atoms with Crippen molar-refractivity contribution in [1.29, 1.82) is 0 Å². The maximum absolute atomic E-state index is 12.7. The molecule has 0 bridgehead atoms. The van der Waals surface area contributed by atoms with Crippen LogP contribution in [0.15, 0.2) is 35.2 Å². The van der Waals surface area contributed by atoms with Gasteiger partial charge in [-0.3, -0.25) is 4.79 Å². The Hall–Kier alpha value is -1.44. The number of amides is 1. The molecule has 2 fully saturated rings. The minimum atomic E-state index is -3.42. The highest BCUT2D eigenvalue weighted by Gasteiger charge is 2.50. The van der Waals surface area contributed by atoms with Gasteiger partial charge in [0.15, 0.2) is 0 Å². The first-order chi connectivity index (χ1) is 11.5. The first-order valence-corrected chi connectivity index (χ1v) is 9.75. The van der Waals surface area contributed by atoms with Gasteiger partial charge in [0.1, 0.15) is 6.61 Å². The van der Waals surface area contributed by atoms with Gasteiger partial charge >= 0.3 is 0 Å². The van der Waals surface area contributed by atoms with Gasteiger partial charge in [-0.1, -0.05) is 18.2 Å². The summed E-state index contributed by atoms with van der Waals surface area (Å²) in [6.45, 7) is 1.09. The summed E-state index contributed by atoms with van der Waals surface area (Å²) in [4.78, 5) is 12.1. The summed E-state index contributed by atoms with van der Waals surface area (Å²) in [5.74, 6) is -0.0964. The molecule has 1 aliphatic heterocycles. The van der Waals surface area contributed by atoms with Gasteiger partial charge in [-0.05, 0) is 43.2 Å². The molecule has 1 unspecified atom stereocenters. The lowest BCUT2D eigenvalue weighted by Crippen LogP contribution is -2.60. The van der Waals surface area contributed by atoms with Crippen LogP contribution in [0.1, 0.15) is 25.7 Å². The van der Waals surface area contributed by atoms with Gasteiger partial charge in [-0.15, -0.1) is 0 Å². The number of sulfonamides is 1. The molecule has 1 saturated heterocycles. The maximum Gasteiger partial charge on any atom is 0.246 e. The second kappa shape index (κ2) is 6.82. The van der Waals surface area contributed by atoms with E-state index in [-0.39, 0.29) is 24.0 Å². The number of benzene rings is 1. The molecule has 1 aromatic rings. The lowest BCUT2D eigenvalue weighted by atomic mass is 9.59. The molecule has 1 aromatic carbocycles.